The molecule has 3 nitrogen and oxygen atoms in total. The molecule has 0 radical (unpaired) electrons. The Balaban J connectivity index is 1.95. The Kier molecular flexibility index (Phi) is 2.31. The summed E-state index contributed by atoms with van der Waals surface area (Å²) in [5.41, 5.74) is 8.44. The van der Waals surface area contributed by atoms with Crippen LogP contribution in [0.5, 0.6) is 0 Å². The van der Waals surface area contributed by atoms with Crippen LogP contribution < -0.4 is 5.73 Å². The first-order valence-electron chi connectivity index (χ1n) is 7.04. The highest BCUT2D eigenvalue weighted by molar-refractivity contribution is 6.31. The number of hydrogen-bond donors (Lipinski definition) is 1. The largest absolute Gasteiger partial charge is 0.323 e. The molecule has 1 atom stereocenters. The SMILES string of the molecule is CC(N)(c1nc2cc(Cl)ccc2n1C1CC1)C1CC1. The Morgan fingerprint density at radius 3 is 2.68 bits per heavy atom. The highest BCUT2D eigenvalue weighted by atomic mass is 35.5. The summed E-state index contributed by atoms with van der Waals surface area (Å²) in [6.07, 6.45) is 4.92. The molecule has 2 saturated carbocycles. The smallest absolute Gasteiger partial charge is 0.130 e. The number of hydrogen-bond acceptors (Lipinski definition) is 2. The van der Waals surface area contributed by atoms with Gasteiger partial charge in [-0.2, -0.15) is 0 Å². The van der Waals surface area contributed by atoms with Crippen LogP contribution in [0.15, 0.2) is 18.2 Å². The zero-order chi connectivity index (χ0) is 13.2. The lowest BCUT2D eigenvalue weighted by atomic mass is 9.96. The number of imidazole rings is 1. The molecule has 2 N–H and O–H groups in total. The van der Waals surface area contributed by atoms with E-state index in [2.05, 4.69) is 17.6 Å². The Bertz CT molecular complexity index is 651. The molecule has 0 bridgehead atoms. The van der Waals surface area contributed by atoms with E-state index in [4.69, 9.17) is 22.3 Å². The van der Waals surface area contributed by atoms with Gasteiger partial charge in [-0.15, -0.1) is 0 Å². The highest BCUT2D eigenvalue weighted by Crippen LogP contribution is 2.47. The van der Waals surface area contributed by atoms with Crippen molar-refractivity contribution in [2.24, 2.45) is 11.7 Å². The topological polar surface area (TPSA) is 43.8 Å². The van der Waals surface area contributed by atoms with Crippen molar-refractivity contribution in [3.8, 4) is 0 Å². The number of aromatic nitrogens is 2. The van der Waals surface area contributed by atoms with E-state index in [1.165, 1.54) is 31.2 Å². The molecule has 2 aliphatic carbocycles. The molecule has 0 spiro atoms. The maximum absolute atomic E-state index is 6.60. The fraction of sp³-hybridized carbons (Fsp3) is 0.533. The molecule has 0 saturated heterocycles. The van der Waals surface area contributed by atoms with Gasteiger partial charge in [0.05, 0.1) is 16.6 Å². The molecule has 2 aliphatic rings. The van der Waals surface area contributed by atoms with E-state index >= 15 is 0 Å². The molecule has 0 amide bonds. The van der Waals surface area contributed by atoms with E-state index in [9.17, 15) is 0 Å². The van der Waals surface area contributed by atoms with Gasteiger partial charge in [0, 0.05) is 11.1 Å². The van der Waals surface area contributed by atoms with Gasteiger partial charge in [-0.25, -0.2) is 4.98 Å². The second-order valence-corrected chi connectivity index (χ2v) is 6.66. The number of nitrogens with zero attached hydrogens (tertiary/aromatic N) is 2. The zero-order valence-corrected chi connectivity index (χ0v) is 11.8. The quantitative estimate of drug-likeness (QED) is 0.930. The van der Waals surface area contributed by atoms with E-state index in [0.717, 1.165) is 16.4 Å². The minimum absolute atomic E-state index is 0.311. The molecule has 19 heavy (non-hydrogen) atoms. The van der Waals surface area contributed by atoms with Crippen LogP contribution in [0.3, 0.4) is 0 Å². The van der Waals surface area contributed by atoms with Crippen LogP contribution in [0.1, 0.15) is 44.5 Å². The van der Waals surface area contributed by atoms with Gasteiger partial charge in [0.2, 0.25) is 0 Å². The molecule has 1 heterocycles. The van der Waals surface area contributed by atoms with Gasteiger partial charge in [-0.1, -0.05) is 11.6 Å². The maximum atomic E-state index is 6.60. The molecule has 2 aromatic rings. The Morgan fingerprint density at radius 1 is 1.32 bits per heavy atom. The minimum atomic E-state index is -0.311. The first-order chi connectivity index (χ1) is 9.07. The second kappa shape index (κ2) is 3.74. The average Bonchev–Trinajstić information content (AvgIpc) is 3.23. The predicted octanol–water partition coefficient (Wildman–Crippen LogP) is 3.61. The number of benzene rings is 1. The monoisotopic (exact) mass is 275 g/mol. The lowest BCUT2D eigenvalue weighted by Crippen LogP contribution is -2.38. The highest BCUT2D eigenvalue weighted by Gasteiger charge is 2.44. The molecule has 1 aromatic heterocycles. The van der Waals surface area contributed by atoms with Crippen molar-refractivity contribution in [1.82, 2.24) is 9.55 Å². The van der Waals surface area contributed by atoms with Crippen molar-refractivity contribution >= 4 is 22.6 Å². The molecule has 2 fully saturated rings. The normalized spacial score (nSPS) is 22.7. The van der Waals surface area contributed by atoms with Gasteiger partial charge in [0.1, 0.15) is 5.82 Å². The standard InChI is InChI=1S/C15H18ClN3/c1-15(17,9-2-3-9)14-18-12-8-10(16)4-7-13(12)19(14)11-5-6-11/h4,7-9,11H,2-3,5-6,17H2,1H3. The summed E-state index contributed by atoms with van der Waals surface area (Å²) in [5.74, 6) is 1.63. The van der Waals surface area contributed by atoms with Crippen molar-refractivity contribution in [2.75, 3.05) is 0 Å². The lowest BCUT2D eigenvalue weighted by Gasteiger charge is -2.25. The first-order valence-corrected chi connectivity index (χ1v) is 7.42. The minimum Gasteiger partial charge on any atom is -0.323 e. The van der Waals surface area contributed by atoms with Crippen molar-refractivity contribution in [3.05, 3.63) is 29.0 Å². The Morgan fingerprint density at radius 2 is 2.05 bits per heavy atom. The number of halogens is 1. The Labute approximate surface area is 117 Å². The van der Waals surface area contributed by atoms with Gasteiger partial charge < -0.3 is 10.3 Å². The first kappa shape index (κ1) is 11.7. The fourth-order valence-corrected chi connectivity index (χ4v) is 3.19. The van der Waals surface area contributed by atoms with Crippen LogP contribution in [0.2, 0.25) is 5.02 Å². The molecular formula is C15H18ClN3. The molecule has 4 heteroatoms. The predicted molar refractivity (Wildman–Crippen MR) is 77.3 cm³/mol. The van der Waals surface area contributed by atoms with Gasteiger partial charge >= 0.3 is 0 Å². The molecule has 1 aromatic carbocycles. The van der Waals surface area contributed by atoms with E-state index in [-0.39, 0.29) is 5.54 Å². The van der Waals surface area contributed by atoms with Gasteiger partial charge in [0.25, 0.3) is 0 Å². The summed E-state index contributed by atoms with van der Waals surface area (Å²) < 4.78 is 2.37. The van der Waals surface area contributed by atoms with Crippen LogP contribution in [0.4, 0.5) is 0 Å². The summed E-state index contributed by atoms with van der Waals surface area (Å²) in [6, 6.07) is 6.56. The zero-order valence-electron chi connectivity index (χ0n) is 11.1. The molecule has 0 aliphatic heterocycles. The fourth-order valence-electron chi connectivity index (χ4n) is 3.02. The molecule has 4 rings (SSSR count). The third-order valence-corrected chi connectivity index (χ3v) is 4.71. The summed E-state index contributed by atoms with van der Waals surface area (Å²) >= 11 is 6.08. The van der Waals surface area contributed by atoms with Crippen molar-refractivity contribution in [3.63, 3.8) is 0 Å². The third-order valence-electron chi connectivity index (χ3n) is 4.47. The van der Waals surface area contributed by atoms with Crippen molar-refractivity contribution in [2.45, 2.75) is 44.2 Å². The van der Waals surface area contributed by atoms with Crippen molar-refractivity contribution < 1.29 is 0 Å². The Hall–Kier alpha value is -1.06. The van der Waals surface area contributed by atoms with Crippen molar-refractivity contribution in [1.29, 1.82) is 0 Å². The summed E-state index contributed by atoms with van der Waals surface area (Å²) in [4.78, 5) is 4.82. The van der Waals surface area contributed by atoms with Crippen LogP contribution in [0.25, 0.3) is 11.0 Å². The van der Waals surface area contributed by atoms with E-state index in [0.29, 0.717) is 12.0 Å². The summed E-state index contributed by atoms with van der Waals surface area (Å²) in [6.45, 7) is 2.13. The van der Waals surface area contributed by atoms with Crippen LogP contribution in [-0.4, -0.2) is 9.55 Å². The number of nitrogens with two attached hydrogens (primary N) is 1. The lowest BCUT2D eigenvalue weighted by molar-refractivity contribution is 0.383. The van der Waals surface area contributed by atoms with Gasteiger partial charge in [0.15, 0.2) is 0 Å². The third kappa shape index (κ3) is 1.79. The van der Waals surface area contributed by atoms with E-state index < -0.39 is 0 Å². The molecule has 100 valence electrons. The number of rotatable bonds is 3. The van der Waals surface area contributed by atoms with Crippen LogP contribution in [0, 0.1) is 5.92 Å². The summed E-state index contributed by atoms with van der Waals surface area (Å²) in [5, 5.41) is 0.740. The van der Waals surface area contributed by atoms with Gasteiger partial charge in [-0.05, 0) is 56.7 Å². The van der Waals surface area contributed by atoms with Crippen LogP contribution >= 0.6 is 11.6 Å². The maximum Gasteiger partial charge on any atom is 0.130 e. The van der Waals surface area contributed by atoms with E-state index in [1.54, 1.807) is 0 Å². The average molecular weight is 276 g/mol. The van der Waals surface area contributed by atoms with Crippen LogP contribution in [-0.2, 0) is 5.54 Å². The molecular weight excluding hydrogens is 258 g/mol. The van der Waals surface area contributed by atoms with E-state index in [1.807, 2.05) is 12.1 Å². The second-order valence-electron chi connectivity index (χ2n) is 6.23. The summed E-state index contributed by atoms with van der Waals surface area (Å²) in [7, 11) is 0. The molecule has 1 unspecified atom stereocenters. The number of fused-ring (bicyclic) bond motifs is 1. The van der Waals surface area contributed by atoms with Gasteiger partial charge in [-0.3, -0.25) is 0 Å².